The highest BCUT2D eigenvalue weighted by molar-refractivity contribution is 6.31. The Labute approximate surface area is 149 Å². The van der Waals surface area contributed by atoms with Crippen molar-refractivity contribution < 1.29 is 4.79 Å². The first-order valence-corrected chi connectivity index (χ1v) is 8.96. The van der Waals surface area contributed by atoms with Gasteiger partial charge in [0, 0.05) is 36.6 Å². The lowest BCUT2D eigenvalue weighted by molar-refractivity contribution is -0.133. The molecule has 0 aliphatic carbocycles. The lowest BCUT2D eigenvalue weighted by Crippen LogP contribution is -2.45. The van der Waals surface area contributed by atoms with Crippen LogP contribution in [-0.4, -0.2) is 42.4 Å². The molecule has 0 saturated carbocycles. The largest absolute Gasteiger partial charge is 0.357 e. The highest BCUT2D eigenvalue weighted by Gasteiger charge is 2.27. The number of hydrogen-bond donors (Lipinski definition) is 2. The summed E-state index contributed by atoms with van der Waals surface area (Å²) in [6.07, 6.45) is 0.939. The molecule has 0 aromatic heterocycles. The molecule has 1 heterocycles. The standard InChI is InChI=1S/C18H27ClN4O/c1-4-20-18(21-11-14-7-5-6-8-16(14)19)22-15-9-10-23(12-15)17(24)13(2)3/h5-8,13,15H,4,9-12H2,1-3H3,(H2,20,21,22). The number of aliphatic imine (C=N–C) groups is 1. The Kier molecular flexibility index (Phi) is 6.91. The summed E-state index contributed by atoms with van der Waals surface area (Å²) in [6.45, 7) is 8.77. The van der Waals surface area contributed by atoms with Gasteiger partial charge in [-0.15, -0.1) is 0 Å². The molecule has 1 aromatic carbocycles. The minimum Gasteiger partial charge on any atom is -0.357 e. The lowest BCUT2D eigenvalue weighted by atomic mass is 10.2. The zero-order chi connectivity index (χ0) is 17.5. The molecule has 1 amide bonds. The number of nitrogens with one attached hydrogen (secondary N) is 2. The number of amides is 1. The summed E-state index contributed by atoms with van der Waals surface area (Å²) in [6, 6.07) is 7.96. The Morgan fingerprint density at radius 2 is 2.17 bits per heavy atom. The number of benzene rings is 1. The third-order valence-electron chi connectivity index (χ3n) is 4.04. The molecule has 0 spiro atoms. The van der Waals surface area contributed by atoms with E-state index < -0.39 is 0 Å². The molecule has 0 bridgehead atoms. The summed E-state index contributed by atoms with van der Waals surface area (Å²) < 4.78 is 0. The van der Waals surface area contributed by atoms with Crippen LogP contribution in [0.3, 0.4) is 0 Å². The predicted molar refractivity (Wildman–Crippen MR) is 99.2 cm³/mol. The van der Waals surface area contributed by atoms with Gasteiger partial charge in [-0.3, -0.25) is 4.79 Å². The van der Waals surface area contributed by atoms with Crippen LogP contribution in [0.2, 0.25) is 5.02 Å². The van der Waals surface area contributed by atoms with E-state index in [1.165, 1.54) is 0 Å². The van der Waals surface area contributed by atoms with Crippen molar-refractivity contribution in [1.82, 2.24) is 15.5 Å². The van der Waals surface area contributed by atoms with Gasteiger partial charge in [-0.05, 0) is 25.0 Å². The highest BCUT2D eigenvalue weighted by Crippen LogP contribution is 2.16. The molecule has 24 heavy (non-hydrogen) atoms. The van der Waals surface area contributed by atoms with Crippen molar-refractivity contribution in [3.63, 3.8) is 0 Å². The Balaban J connectivity index is 1.95. The molecule has 1 atom stereocenters. The average molecular weight is 351 g/mol. The summed E-state index contributed by atoms with van der Waals surface area (Å²) in [5.74, 6) is 1.03. The van der Waals surface area contributed by atoms with Crippen LogP contribution in [0.15, 0.2) is 29.3 Å². The summed E-state index contributed by atoms with van der Waals surface area (Å²) in [4.78, 5) is 18.6. The fourth-order valence-corrected chi connectivity index (χ4v) is 2.94. The summed E-state index contributed by atoms with van der Waals surface area (Å²) >= 11 is 6.18. The van der Waals surface area contributed by atoms with E-state index in [1.807, 2.05) is 49.9 Å². The molecule has 1 aliphatic heterocycles. The molecule has 1 aromatic rings. The van der Waals surface area contributed by atoms with Crippen molar-refractivity contribution in [3.8, 4) is 0 Å². The van der Waals surface area contributed by atoms with Crippen LogP contribution in [0.1, 0.15) is 32.8 Å². The number of likely N-dealkylation sites (tertiary alicyclic amines) is 1. The molecular weight excluding hydrogens is 324 g/mol. The molecule has 6 heteroatoms. The van der Waals surface area contributed by atoms with Crippen LogP contribution in [0.25, 0.3) is 0 Å². The third-order valence-corrected chi connectivity index (χ3v) is 4.41. The molecule has 0 radical (unpaired) electrons. The molecule has 5 nitrogen and oxygen atoms in total. The van der Waals surface area contributed by atoms with E-state index in [9.17, 15) is 4.79 Å². The molecule has 1 unspecified atom stereocenters. The van der Waals surface area contributed by atoms with Crippen molar-refractivity contribution in [2.75, 3.05) is 19.6 Å². The van der Waals surface area contributed by atoms with Gasteiger partial charge in [-0.2, -0.15) is 0 Å². The van der Waals surface area contributed by atoms with Gasteiger partial charge in [-0.1, -0.05) is 43.6 Å². The fraction of sp³-hybridized carbons (Fsp3) is 0.556. The van der Waals surface area contributed by atoms with Crippen LogP contribution in [0, 0.1) is 5.92 Å². The van der Waals surface area contributed by atoms with Crippen molar-refractivity contribution in [1.29, 1.82) is 0 Å². The number of nitrogens with zero attached hydrogens (tertiary/aromatic N) is 2. The average Bonchev–Trinajstić information content (AvgIpc) is 3.01. The maximum absolute atomic E-state index is 12.1. The molecular formula is C18H27ClN4O. The van der Waals surface area contributed by atoms with E-state index in [-0.39, 0.29) is 17.9 Å². The summed E-state index contributed by atoms with van der Waals surface area (Å²) in [5, 5.41) is 7.42. The van der Waals surface area contributed by atoms with Gasteiger partial charge < -0.3 is 15.5 Å². The van der Waals surface area contributed by atoms with Gasteiger partial charge in [0.05, 0.1) is 6.54 Å². The van der Waals surface area contributed by atoms with E-state index in [0.717, 1.165) is 42.6 Å². The Morgan fingerprint density at radius 1 is 1.42 bits per heavy atom. The topological polar surface area (TPSA) is 56.7 Å². The van der Waals surface area contributed by atoms with E-state index >= 15 is 0 Å². The number of rotatable bonds is 5. The van der Waals surface area contributed by atoms with Crippen molar-refractivity contribution >= 4 is 23.5 Å². The van der Waals surface area contributed by atoms with Crippen molar-refractivity contribution in [2.45, 2.75) is 39.8 Å². The van der Waals surface area contributed by atoms with Gasteiger partial charge >= 0.3 is 0 Å². The van der Waals surface area contributed by atoms with Gasteiger partial charge in [0.15, 0.2) is 5.96 Å². The first kappa shape index (κ1) is 18.6. The van der Waals surface area contributed by atoms with Crippen LogP contribution < -0.4 is 10.6 Å². The second-order valence-corrected chi connectivity index (χ2v) is 6.76. The van der Waals surface area contributed by atoms with Crippen LogP contribution >= 0.6 is 11.6 Å². The van der Waals surface area contributed by atoms with E-state index in [0.29, 0.717) is 6.54 Å². The minimum atomic E-state index is 0.0471. The first-order valence-electron chi connectivity index (χ1n) is 8.58. The van der Waals surface area contributed by atoms with E-state index in [2.05, 4.69) is 15.6 Å². The van der Waals surface area contributed by atoms with Crippen LogP contribution in [0.4, 0.5) is 0 Å². The number of guanidine groups is 1. The Hall–Kier alpha value is -1.75. The molecule has 2 rings (SSSR count). The predicted octanol–water partition coefficient (Wildman–Crippen LogP) is 2.65. The smallest absolute Gasteiger partial charge is 0.225 e. The lowest BCUT2D eigenvalue weighted by Gasteiger charge is -2.20. The van der Waals surface area contributed by atoms with Crippen LogP contribution in [-0.2, 0) is 11.3 Å². The normalized spacial score (nSPS) is 18.1. The third kappa shape index (κ3) is 5.13. The second kappa shape index (κ2) is 8.92. The molecule has 1 fully saturated rings. The fourth-order valence-electron chi connectivity index (χ4n) is 2.75. The maximum Gasteiger partial charge on any atom is 0.225 e. The Morgan fingerprint density at radius 3 is 2.83 bits per heavy atom. The molecule has 1 aliphatic rings. The number of halogens is 1. The van der Waals surface area contributed by atoms with Gasteiger partial charge in [0.2, 0.25) is 5.91 Å². The van der Waals surface area contributed by atoms with E-state index in [1.54, 1.807) is 0 Å². The highest BCUT2D eigenvalue weighted by atomic mass is 35.5. The van der Waals surface area contributed by atoms with Gasteiger partial charge in [0.25, 0.3) is 0 Å². The molecule has 2 N–H and O–H groups in total. The first-order chi connectivity index (χ1) is 11.5. The summed E-state index contributed by atoms with van der Waals surface area (Å²) in [5.41, 5.74) is 0.999. The van der Waals surface area contributed by atoms with Crippen LogP contribution in [0.5, 0.6) is 0 Å². The van der Waals surface area contributed by atoms with Crippen molar-refractivity contribution in [2.24, 2.45) is 10.9 Å². The number of carbonyl (C=O) groups excluding carboxylic acids is 1. The minimum absolute atomic E-state index is 0.0471. The van der Waals surface area contributed by atoms with Gasteiger partial charge in [-0.25, -0.2) is 4.99 Å². The quantitative estimate of drug-likeness (QED) is 0.634. The maximum atomic E-state index is 12.1. The van der Waals surface area contributed by atoms with E-state index in [4.69, 9.17) is 11.6 Å². The molecule has 132 valence electrons. The van der Waals surface area contributed by atoms with Crippen molar-refractivity contribution in [3.05, 3.63) is 34.9 Å². The molecule has 1 saturated heterocycles. The Bertz CT molecular complexity index is 588. The second-order valence-electron chi connectivity index (χ2n) is 6.36. The number of hydrogen-bond acceptors (Lipinski definition) is 2. The SMILES string of the molecule is CCNC(=NCc1ccccc1Cl)NC1CCN(C(=O)C(C)C)C1. The zero-order valence-corrected chi connectivity index (χ0v) is 15.4. The summed E-state index contributed by atoms with van der Waals surface area (Å²) in [7, 11) is 0. The monoisotopic (exact) mass is 350 g/mol. The zero-order valence-electron chi connectivity index (χ0n) is 14.7. The number of carbonyl (C=O) groups is 1. The van der Waals surface area contributed by atoms with Gasteiger partial charge in [0.1, 0.15) is 0 Å².